The average molecular weight is 244 g/mol. The lowest BCUT2D eigenvalue weighted by Crippen LogP contribution is -2.46. The van der Waals surface area contributed by atoms with Crippen LogP contribution in [0.3, 0.4) is 0 Å². The molecule has 0 aromatic rings. The monoisotopic (exact) mass is 244 g/mol. The summed E-state index contributed by atoms with van der Waals surface area (Å²) in [5.41, 5.74) is 0. The van der Waals surface area contributed by atoms with Gasteiger partial charge in [-0.2, -0.15) is 0 Å². The van der Waals surface area contributed by atoms with Crippen LogP contribution in [0.5, 0.6) is 0 Å². The molecule has 0 aromatic heterocycles. The molecule has 1 saturated heterocycles. The lowest BCUT2D eigenvalue weighted by atomic mass is 10.2. The summed E-state index contributed by atoms with van der Waals surface area (Å²) in [6.07, 6.45) is 2.21. The van der Waals surface area contributed by atoms with Gasteiger partial charge in [0.15, 0.2) is 0 Å². The number of nitrogens with zero attached hydrogens (tertiary/aromatic N) is 1. The SMILES string of the molecule is CCN1CCOC(CNCCCCC(=O)O)C1. The van der Waals surface area contributed by atoms with Crippen LogP contribution in [0.4, 0.5) is 0 Å². The number of likely N-dealkylation sites (N-methyl/N-ethyl adjacent to an activating group) is 1. The molecule has 5 heteroatoms. The number of aliphatic carboxylic acids is 1. The van der Waals surface area contributed by atoms with Gasteiger partial charge in [0.05, 0.1) is 12.7 Å². The Kier molecular flexibility index (Phi) is 7.16. The van der Waals surface area contributed by atoms with E-state index in [0.717, 1.165) is 52.2 Å². The highest BCUT2D eigenvalue weighted by molar-refractivity contribution is 5.66. The summed E-state index contributed by atoms with van der Waals surface area (Å²) < 4.78 is 5.66. The van der Waals surface area contributed by atoms with E-state index in [1.165, 1.54) is 0 Å². The van der Waals surface area contributed by atoms with Crippen LogP contribution in [0.25, 0.3) is 0 Å². The predicted molar refractivity (Wildman–Crippen MR) is 66.2 cm³/mol. The number of hydrogen-bond donors (Lipinski definition) is 2. The molecule has 17 heavy (non-hydrogen) atoms. The van der Waals surface area contributed by atoms with Crippen molar-refractivity contribution in [2.75, 3.05) is 39.3 Å². The van der Waals surface area contributed by atoms with E-state index >= 15 is 0 Å². The van der Waals surface area contributed by atoms with Gasteiger partial charge in [0, 0.05) is 26.1 Å². The van der Waals surface area contributed by atoms with E-state index in [4.69, 9.17) is 9.84 Å². The number of rotatable bonds is 8. The minimum Gasteiger partial charge on any atom is -0.481 e. The van der Waals surface area contributed by atoms with E-state index < -0.39 is 5.97 Å². The number of carboxylic acid groups (broad SMARTS) is 1. The van der Waals surface area contributed by atoms with Gasteiger partial charge in [0.1, 0.15) is 0 Å². The molecule has 1 atom stereocenters. The zero-order valence-corrected chi connectivity index (χ0v) is 10.7. The van der Waals surface area contributed by atoms with Crippen LogP contribution >= 0.6 is 0 Å². The van der Waals surface area contributed by atoms with Gasteiger partial charge < -0.3 is 15.2 Å². The Hall–Kier alpha value is -0.650. The Morgan fingerprint density at radius 1 is 1.53 bits per heavy atom. The standard InChI is InChI=1S/C12H24N2O3/c1-2-14-7-8-17-11(10-14)9-13-6-4-3-5-12(15)16/h11,13H,2-10H2,1H3,(H,15,16). The summed E-state index contributed by atoms with van der Waals surface area (Å²) in [7, 11) is 0. The van der Waals surface area contributed by atoms with E-state index in [0.29, 0.717) is 0 Å². The number of carboxylic acids is 1. The molecule has 1 fully saturated rings. The highest BCUT2D eigenvalue weighted by atomic mass is 16.5. The van der Waals surface area contributed by atoms with Crippen molar-refractivity contribution in [1.82, 2.24) is 10.2 Å². The van der Waals surface area contributed by atoms with Crippen LogP contribution in [0.2, 0.25) is 0 Å². The van der Waals surface area contributed by atoms with Gasteiger partial charge in [-0.3, -0.25) is 9.69 Å². The Labute approximate surface area is 103 Å². The summed E-state index contributed by atoms with van der Waals surface area (Å²) in [6, 6.07) is 0. The first-order valence-corrected chi connectivity index (χ1v) is 6.49. The number of unbranched alkanes of at least 4 members (excludes halogenated alkanes) is 1. The molecule has 1 aliphatic heterocycles. The molecule has 100 valence electrons. The molecule has 1 rings (SSSR count). The predicted octanol–water partition coefficient (Wildman–Crippen LogP) is 0.552. The Morgan fingerprint density at radius 3 is 3.06 bits per heavy atom. The van der Waals surface area contributed by atoms with E-state index in [-0.39, 0.29) is 12.5 Å². The zero-order chi connectivity index (χ0) is 12.5. The molecular weight excluding hydrogens is 220 g/mol. The fraction of sp³-hybridized carbons (Fsp3) is 0.917. The number of morpholine rings is 1. The third kappa shape index (κ3) is 6.61. The van der Waals surface area contributed by atoms with Crippen molar-refractivity contribution < 1.29 is 14.6 Å². The Balaban J connectivity index is 1.97. The molecule has 0 aromatic carbocycles. The van der Waals surface area contributed by atoms with Crippen molar-refractivity contribution in [3.05, 3.63) is 0 Å². The van der Waals surface area contributed by atoms with Crippen molar-refractivity contribution in [2.24, 2.45) is 0 Å². The average Bonchev–Trinajstić information content (AvgIpc) is 2.33. The number of carbonyl (C=O) groups is 1. The molecule has 1 unspecified atom stereocenters. The highest BCUT2D eigenvalue weighted by Gasteiger charge is 2.18. The molecule has 1 heterocycles. The van der Waals surface area contributed by atoms with Crippen LogP contribution in [-0.2, 0) is 9.53 Å². The fourth-order valence-electron chi connectivity index (χ4n) is 1.98. The van der Waals surface area contributed by atoms with Gasteiger partial charge in [0.25, 0.3) is 0 Å². The van der Waals surface area contributed by atoms with E-state index in [2.05, 4.69) is 17.1 Å². The van der Waals surface area contributed by atoms with Gasteiger partial charge in [-0.25, -0.2) is 0 Å². The van der Waals surface area contributed by atoms with Crippen molar-refractivity contribution in [2.45, 2.75) is 32.3 Å². The van der Waals surface area contributed by atoms with Crippen LogP contribution in [0.15, 0.2) is 0 Å². The molecule has 0 amide bonds. The van der Waals surface area contributed by atoms with Crippen LogP contribution < -0.4 is 5.32 Å². The molecule has 0 radical (unpaired) electrons. The molecule has 0 saturated carbocycles. The van der Waals surface area contributed by atoms with Gasteiger partial charge in [-0.15, -0.1) is 0 Å². The maximum atomic E-state index is 10.3. The highest BCUT2D eigenvalue weighted by Crippen LogP contribution is 2.03. The maximum absolute atomic E-state index is 10.3. The van der Waals surface area contributed by atoms with Crippen molar-refractivity contribution >= 4 is 5.97 Å². The fourth-order valence-corrected chi connectivity index (χ4v) is 1.98. The van der Waals surface area contributed by atoms with Crippen molar-refractivity contribution in [3.8, 4) is 0 Å². The molecule has 2 N–H and O–H groups in total. The van der Waals surface area contributed by atoms with E-state index in [1.807, 2.05) is 0 Å². The molecule has 5 nitrogen and oxygen atoms in total. The number of hydrogen-bond acceptors (Lipinski definition) is 4. The van der Waals surface area contributed by atoms with Gasteiger partial charge in [-0.1, -0.05) is 6.92 Å². The maximum Gasteiger partial charge on any atom is 0.303 e. The molecule has 1 aliphatic rings. The van der Waals surface area contributed by atoms with Crippen molar-refractivity contribution in [3.63, 3.8) is 0 Å². The second kappa shape index (κ2) is 8.44. The number of nitrogens with one attached hydrogen (secondary N) is 1. The smallest absolute Gasteiger partial charge is 0.303 e. The van der Waals surface area contributed by atoms with E-state index in [9.17, 15) is 4.79 Å². The second-order valence-corrected chi connectivity index (χ2v) is 4.44. The van der Waals surface area contributed by atoms with Crippen LogP contribution in [0, 0.1) is 0 Å². The topological polar surface area (TPSA) is 61.8 Å². The Bertz CT molecular complexity index is 224. The first kappa shape index (κ1) is 14.4. The van der Waals surface area contributed by atoms with Gasteiger partial charge in [0.2, 0.25) is 0 Å². The minimum atomic E-state index is -0.709. The summed E-state index contributed by atoms with van der Waals surface area (Å²) >= 11 is 0. The minimum absolute atomic E-state index is 0.269. The summed E-state index contributed by atoms with van der Waals surface area (Å²) in [6.45, 7) is 7.84. The third-order valence-corrected chi connectivity index (χ3v) is 3.04. The van der Waals surface area contributed by atoms with Crippen LogP contribution in [-0.4, -0.2) is 61.4 Å². The number of ether oxygens (including phenoxy) is 1. The first-order valence-electron chi connectivity index (χ1n) is 6.49. The molecule has 0 spiro atoms. The summed E-state index contributed by atoms with van der Waals surface area (Å²) in [5, 5.41) is 11.8. The first-order chi connectivity index (χ1) is 8.22. The molecular formula is C12H24N2O3. The molecule has 0 bridgehead atoms. The van der Waals surface area contributed by atoms with Crippen LogP contribution in [0.1, 0.15) is 26.2 Å². The third-order valence-electron chi connectivity index (χ3n) is 3.04. The van der Waals surface area contributed by atoms with Gasteiger partial charge >= 0.3 is 5.97 Å². The van der Waals surface area contributed by atoms with E-state index in [1.54, 1.807) is 0 Å². The largest absolute Gasteiger partial charge is 0.481 e. The van der Waals surface area contributed by atoms with Crippen molar-refractivity contribution in [1.29, 1.82) is 0 Å². The lowest BCUT2D eigenvalue weighted by Gasteiger charge is -2.32. The molecule has 0 aliphatic carbocycles. The lowest BCUT2D eigenvalue weighted by molar-refractivity contribution is -0.137. The summed E-state index contributed by atoms with van der Waals surface area (Å²) in [5.74, 6) is -0.709. The summed E-state index contributed by atoms with van der Waals surface area (Å²) in [4.78, 5) is 12.7. The van der Waals surface area contributed by atoms with Gasteiger partial charge in [-0.05, 0) is 25.9 Å². The Morgan fingerprint density at radius 2 is 2.35 bits per heavy atom. The zero-order valence-electron chi connectivity index (χ0n) is 10.7. The normalized spacial score (nSPS) is 21.6. The quantitative estimate of drug-likeness (QED) is 0.611. The second-order valence-electron chi connectivity index (χ2n) is 4.44.